The second-order valence-corrected chi connectivity index (χ2v) is 5.63. The molecule has 4 N–H and O–H groups in total. The second kappa shape index (κ2) is 9.67. The number of amides is 1. The molecule has 1 amide bonds. The third-order valence-electron chi connectivity index (χ3n) is 3.72. The largest absolute Gasteiger partial charge is 0.385 e. The molecule has 5 heteroatoms. The van der Waals surface area contributed by atoms with Gasteiger partial charge in [-0.2, -0.15) is 0 Å². The van der Waals surface area contributed by atoms with E-state index in [2.05, 4.69) is 10.6 Å². The Labute approximate surface area is 142 Å². The van der Waals surface area contributed by atoms with Crippen LogP contribution in [-0.4, -0.2) is 19.0 Å². The van der Waals surface area contributed by atoms with Gasteiger partial charge in [0.1, 0.15) is 5.82 Å². The van der Waals surface area contributed by atoms with E-state index >= 15 is 0 Å². The molecule has 0 saturated carbocycles. The third-order valence-corrected chi connectivity index (χ3v) is 3.72. The van der Waals surface area contributed by atoms with E-state index in [1.54, 1.807) is 6.07 Å². The van der Waals surface area contributed by atoms with Crippen molar-refractivity contribution in [3.8, 4) is 0 Å². The highest BCUT2D eigenvalue weighted by molar-refractivity contribution is 5.76. The molecule has 0 aromatic heterocycles. The van der Waals surface area contributed by atoms with Crippen molar-refractivity contribution in [2.45, 2.75) is 25.8 Å². The van der Waals surface area contributed by atoms with Crippen LogP contribution in [0.1, 0.15) is 24.0 Å². The van der Waals surface area contributed by atoms with Crippen LogP contribution in [0.5, 0.6) is 0 Å². The lowest BCUT2D eigenvalue weighted by Crippen LogP contribution is -2.24. The molecule has 0 bridgehead atoms. The Kier molecular flexibility index (Phi) is 7.23. The minimum atomic E-state index is -0.140. The Hall–Kier alpha value is -2.40. The van der Waals surface area contributed by atoms with Crippen molar-refractivity contribution in [2.24, 2.45) is 5.73 Å². The van der Waals surface area contributed by atoms with Gasteiger partial charge in [0, 0.05) is 31.7 Å². The van der Waals surface area contributed by atoms with E-state index in [1.165, 1.54) is 6.07 Å². The third kappa shape index (κ3) is 6.01. The first-order chi connectivity index (χ1) is 11.7. The molecule has 4 nitrogen and oxygen atoms in total. The van der Waals surface area contributed by atoms with Crippen LogP contribution < -0.4 is 16.4 Å². The number of nitrogens with one attached hydrogen (secondary N) is 2. The van der Waals surface area contributed by atoms with Crippen LogP contribution in [-0.2, 0) is 17.8 Å². The van der Waals surface area contributed by atoms with Crippen molar-refractivity contribution in [3.63, 3.8) is 0 Å². The van der Waals surface area contributed by atoms with E-state index in [-0.39, 0.29) is 11.7 Å². The summed E-state index contributed by atoms with van der Waals surface area (Å²) in [5.74, 6) is -0.175. The van der Waals surface area contributed by atoms with E-state index in [1.807, 2.05) is 36.4 Å². The van der Waals surface area contributed by atoms with Crippen molar-refractivity contribution >= 4 is 11.6 Å². The maximum absolute atomic E-state index is 13.5. The Morgan fingerprint density at radius 1 is 1.08 bits per heavy atom. The number of carbonyl (C=O) groups is 1. The summed E-state index contributed by atoms with van der Waals surface area (Å²) in [5, 5.41) is 6.14. The highest BCUT2D eigenvalue weighted by atomic mass is 19.1. The first kappa shape index (κ1) is 17.9. The number of rotatable bonds is 9. The predicted molar refractivity (Wildman–Crippen MR) is 95.2 cm³/mol. The van der Waals surface area contributed by atoms with Gasteiger partial charge in [0.25, 0.3) is 0 Å². The van der Waals surface area contributed by atoms with Crippen LogP contribution in [0.25, 0.3) is 0 Å². The minimum absolute atomic E-state index is 0.0344. The fourth-order valence-corrected chi connectivity index (χ4v) is 2.37. The smallest absolute Gasteiger partial charge is 0.221 e. The minimum Gasteiger partial charge on any atom is -0.385 e. The summed E-state index contributed by atoms with van der Waals surface area (Å²) in [5.41, 5.74) is 8.14. The average molecular weight is 329 g/mol. The number of carbonyl (C=O) groups excluding carboxylic acids is 1. The molecule has 0 atom stereocenters. The maximum atomic E-state index is 13.5. The van der Waals surface area contributed by atoms with Crippen molar-refractivity contribution in [1.82, 2.24) is 5.32 Å². The van der Waals surface area contributed by atoms with E-state index < -0.39 is 0 Å². The summed E-state index contributed by atoms with van der Waals surface area (Å²) in [4.78, 5) is 11.4. The van der Waals surface area contributed by atoms with Crippen LogP contribution in [0.3, 0.4) is 0 Å². The van der Waals surface area contributed by atoms with Crippen molar-refractivity contribution in [3.05, 3.63) is 65.5 Å². The zero-order valence-electron chi connectivity index (χ0n) is 13.7. The molecular formula is C19H24FN3O. The molecule has 24 heavy (non-hydrogen) atoms. The van der Waals surface area contributed by atoms with E-state index in [4.69, 9.17) is 5.73 Å². The van der Waals surface area contributed by atoms with E-state index in [0.29, 0.717) is 25.9 Å². The molecule has 0 heterocycles. The number of hydrogen-bond acceptors (Lipinski definition) is 3. The Balaban J connectivity index is 1.70. The molecule has 0 aliphatic heterocycles. The highest BCUT2D eigenvalue weighted by Crippen LogP contribution is 2.11. The summed E-state index contributed by atoms with van der Waals surface area (Å²) >= 11 is 0. The van der Waals surface area contributed by atoms with Gasteiger partial charge in [0.05, 0.1) is 0 Å². The lowest BCUT2D eigenvalue weighted by molar-refractivity contribution is -0.121. The average Bonchev–Trinajstić information content (AvgIpc) is 2.59. The summed E-state index contributed by atoms with van der Waals surface area (Å²) in [6.07, 6.45) is 1.92. The quantitative estimate of drug-likeness (QED) is 0.620. The van der Waals surface area contributed by atoms with E-state index in [9.17, 15) is 9.18 Å². The summed E-state index contributed by atoms with van der Waals surface area (Å²) in [7, 11) is 0. The fraction of sp³-hybridized carbons (Fsp3) is 0.316. The summed E-state index contributed by atoms with van der Waals surface area (Å²) in [6, 6.07) is 14.8. The van der Waals surface area contributed by atoms with Gasteiger partial charge in [-0.3, -0.25) is 4.79 Å². The number of anilines is 1. The van der Waals surface area contributed by atoms with Crippen molar-refractivity contribution in [1.29, 1.82) is 0 Å². The first-order valence-electron chi connectivity index (χ1n) is 8.22. The topological polar surface area (TPSA) is 67.2 Å². The number of aryl methyl sites for hydroxylation is 1. The number of nitrogens with two attached hydrogens (primary N) is 1. The zero-order valence-corrected chi connectivity index (χ0v) is 13.7. The van der Waals surface area contributed by atoms with Gasteiger partial charge in [-0.05, 0) is 42.2 Å². The van der Waals surface area contributed by atoms with Gasteiger partial charge < -0.3 is 16.4 Å². The second-order valence-electron chi connectivity index (χ2n) is 5.63. The standard InChI is InChI=1S/C19H24FN3O/c20-18-6-2-1-4-16(18)5-3-13-22-17-9-7-15(8-10-17)14-23-19(24)11-12-21/h1-2,4,6-10,22H,3,5,11-14,21H2,(H,23,24). The van der Waals surface area contributed by atoms with Crippen molar-refractivity contribution in [2.75, 3.05) is 18.4 Å². The number of hydrogen-bond donors (Lipinski definition) is 3. The van der Waals surface area contributed by atoms with Crippen LogP contribution in [0, 0.1) is 5.82 Å². The molecule has 0 unspecified atom stereocenters. The fourth-order valence-electron chi connectivity index (χ4n) is 2.37. The monoisotopic (exact) mass is 329 g/mol. The van der Waals surface area contributed by atoms with Crippen LogP contribution in [0.15, 0.2) is 48.5 Å². The molecule has 2 aromatic carbocycles. The molecule has 0 spiro atoms. The number of halogens is 1. The van der Waals surface area contributed by atoms with Gasteiger partial charge in [0.2, 0.25) is 5.91 Å². The predicted octanol–water partition coefficient (Wildman–Crippen LogP) is 2.84. The SMILES string of the molecule is NCCC(=O)NCc1ccc(NCCCc2ccccc2F)cc1. The molecule has 0 saturated heterocycles. The van der Waals surface area contributed by atoms with Gasteiger partial charge in [-0.15, -0.1) is 0 Å². The number of benzene rings is 2. The molecule has 0 aliphatic rings. The molecule has 128 valence electrons. The first-order valence-corrected chi connectivity index (χ1v) is 8.22. The van der Waals surface area contributed by atoms with Gasteiger partial charge >= 0.3 is 0 Å². The van der Waals surface area contributed by atoms with Crippen LogP contribution in [0.2, 0.25) is 0 Å². The van der Waals surface area contributed by atoms with Crippen LogP contribution in [0.4, 0.5) is 10.1 Å². The van der Waals surface area contributed by atoms with Crippen molar-refractivity contribution < 1.29 is 9.18 Å². The molecule has 0 radical (unpaired) electrons. The van der Waals surface area contributed by atoms with E-state index in [0.717, 1.165) is 29.8 Å². The normalized spacial score (nSPS) is 10.4. The van der Waals surface area contributed by atoms with Gasteiger partial charge in [-0.1, -0.05) is 30.3 Å². The molecule has 2 rings (SSSR count). The van der Waals surface area contributed by atoms with Gasteiger partial charge in [0.15, 0.2) is 0 Å². The zero-order chi connectivity index (χ0) is 17.2. The lowest BCUT2D eigenvalue weighted by atomic mass is 10.1. The highest BCUT2D eigenvalue weighted by Gasteiger charge is 2.01. The lowest BCUT2D eigenvalue weighted by Gasteiger charge is -2.09. The Bertz CT molecular complexity index is 643. The molecular weight excluding hydrogens is 305 g/mol. The molecule has 2 aromatic rings. The molecule has 0 fully saturated rings. The Morgan fingerprint density at radius 3 is 2.54 bits per heavy atom. The molecule has 0 aliphatic carbocycles. The summed E-state index contributed by atoms with van der Waals surface area (Å²) in [6.45, 7) is 1.65. The van der Waals surface area contributed by atoms with Crippen LogP contribution >= 0.6 is 0 Å². The Morgan fingerprint density at radius 2 is 1.83 bits per heavy atom. The summed E-state index contributed by atoms with van der Waals surface area (Å²) < 4.78 is 13.5. The maximum Gasteiger partial charge on any atom is 0.221 e. The van der Waals surface area contributed by atoms with Gasteiger partial charge in [-0.25, -0.2) is 4.39 Å².